The van der Waals surface area contributed by atoms with Crippen molar-refractivity contribution in [2.75, 3.05) is 33.4 Å². The summed E-state index contributed by atoms with van der Waals surface area (Å²) in [6.07, 6.45) is 0.469. The highest BCUT2D eigenvalue weighted by Gasteiger charge is 2.40. The van der Waals surface area contributed by atoms with Crippen LogP contribution in [0.1, 0.15) is 45.6 Å². The average Bonchev–Trinajstić information content (AvgIpc) is 2.88. The topological polar surface area (TPSA) is 138 Å². The largest absolute Gasteiger partial charge is 0.493 e. The molecule has 0 radical (unpaired) electrons. The Kier molecular flexibility index (Phi) is 13.1. The van der Waals surface area contributed by atoms with Crippen LogP contribution in [0.4, 0.5) is 0 Å². The summed E-state index contributed by atoms with van der Waals surface area (Å²) in [6, 6.07) is 2.67. The van der Waals surface area contributed by atoms with E-state index >= 15 is 0 Å². The number of amides is 2. The van der Waals surface area contributed by atoms with E-state index in [1.807, 2.05) is 13.8 Å². The number of carbonyl (C=O) groups is 2. The SMILES string of the molecule is CCC(=O)N(CCCOC(C)C)C1CC(C(=O)NCCO)=CC(Oc2c(I)cc(CO)cc2OC)C1O. The average molecular weight is 635 g/mol. The smallest absolute Gasteiger partial charge is 0.247 e. The van der Waals surface area contributed by atoms with Crippen LogP contribution in [0, 0.1) is 3.57 Å². The maximum absolute atomic E-state index is 13.0. The minimum Gasteiger partial charge on any atom is -0.493 e. The van der Waals surface area contributed by atoms with E-state index < -0.39 is 24.2 Å². The van der Waals surface area contributed by atoms with Gasteiger partial charge in [-0.25, -0.2) is 0 Å². The van der Waals surface area contributed by atoms with E-state index in [4.69, 9.17) is 19.3 Å². The number of halogens is 1. The van der Waals surface area contributed by atoms with Gasteiger partial charge in [-0.05, 0) is 66.6 Å². The van der Waals surface area contributed by atoms with Crippen LogP contribution in [0.15, 0.2) is 23.8 Å². The van der Waals surface area contributed by atoms with Gasteiger partial charge in [0.2, 0.25) is 11.8 Å². The first kappa shape index (κ1) is 31.3. The van der Waals surface area contributed by atoms with Gasteiger partial charge in [-0.1, -0.05) is 6.92 Å². The molecule has 1 aliphatic rings. The van der Waals surface area contributed by atoms with Crippen molar-refractivity contribution in [3.05, 3.63) is 32.9 Å². The molecule has 0 fully saturated rings. The number of hydrogen-bond acceptors (Lipinski definition) is 8. The van der Waals surface area contributed by atoms with E-state index in [2.05, 4.69) is 27.9 Å². The first-order valence-corrected chi connectivity index (χ1v) is 13.6. The quantitative estimate of drug-likeness (QED) is 0.180. The van der Waals surface area contributed by atoms with Crippen LogP contribution in [-0.4, -0.2) is 89.8 Å². The molecule has 0 heterocycles. The number of nitrogens with one attached hydrogen (secondary N) is 1. The van der Waals surface area contributed by atoms with E-state index in [-0.39, 0.29) is 44.6 Å². The van der Waals surface area contributed by atoms with Crippen molar-refractivity contribution < 1.29 is 39.1 Å². The monoisotopic (exact) mass is 634 g/mol. The minimum atomic E-state index is -1.13. The summed E-state index contributed by atoms with van der Waals surface area (Å²) in [5.41, 5.74) is 0.987. The fourth-order valence-electron chi connectivity index (χ4n) is 4.13. The molecule has 10 nitrogen and oxygen atoms in total. The second-order valence-electron chi connectivity index (χ2n) is 9.00. The molecule has 0 bridgehead atoms. The predicted molar refractivity (Wildman–Crippen MR) is 146 cm³/mol. The number of hydrogen-bond donors (Lipinski definition) is 4. The molecule has 37 heavy (non-hydrogen) atoms. The normalized spacial score (nSPS) is 19.4. The Labute approximate surface area is 232 Å². The van der Waals surface area contributed by atoms with E-state index in [0.29, 0.717) is 45.8 Å². The van der Waals surface area contributed by atoms with Crippen molar-refractivity contribution in [2.24, 2.45) is 0 Å². The Morgan fingerprint density at radius 3 is 2.59 bits per heavy atom. The second kappa shape index (κ2) is 15.5. The molecular formula is C26H39IN2O8. The third-order valence-electron chi connectivity index (χ3n) is 5.96. The van der Waals surface area contributed by atoms with Crippen molar-refractivity contribution in [3.8, 4) is 11.5 Å². The van der Waals surface area contributed by atoms with Gasteiger partial charge >= 0.3 is 0 Å². The van der Waals surface area contributed by atoms with Gasteiger partial charge in [-0.2, -0.15) is 0 Å². The van der Waals surface area contributed by atoms with Gasteiger partial charge in [0.1, 0.15) is 12.2 Å². The van der Waals surface area contributed by atoms with Gasteiger partial charge in [-0.3, -0.25) is 9.59 Å². The number of aliphatic hydroxyl groups excluding tert-OH is 3. The maximum Gasteiger partial charge on any atom is 0.247 e. The lowest BCUT2D eigenvalue weighted by atomic mass is 9.88. The molecule has 0 aliphatic heterocycles. The van der Waals surface area contributed by atoms with Crippen LogP contribution in [0.5, 0.6) is 11.5 Å². The first-order valence-electron chi connectivity index (χ1n) is 12.5. The summed E-state index contributed by atoms with van der Waals surface area (Å²) in [5.74, 6) is 0.181. The fourth-order valence-corrected chi connectivity index (χ4v) is 4.92. The Balaban J connectivity index is 2.42. The summed E-state index contributed by atoms with van der Waals surface area (Å²) in [7, 11) is 1.48. The molecule has 1 aromatic carbocycles. The third-order valence-corrected chi connectivity index (χ3v) is 6.76. The summed E-state index contributed by atoms with van der Waals surface area (Å²) in [4.78, 5) is 27.4. The van der Waals surface area contributed by atoms with Crippen molar-refractivity contribution in [1.29, 1.82) is 0 Å². The van der Waals surface area contributed by atoms with Gasteiger partial charge in [0.15, 0.2) is 11.5 Å². The molecule has 0 aromatic heterocycles. The highest BCUT2D eigenvalue weighted by molar-refractivity contribution is 14.1. The highest BCUT2D eigenvalue weighted by atomic mass is 127. The van der Waals surface area contributed by atoms with E-state index in [1.165, 1.54) is 7.11 Å². The standard InChI is InChI=1S/C26H39IN2O8/c1-5-23(32)29(8-6-10-36-16(2)3)20-13-18(26(34)28-7-9-30)14-21(24(20)33)37-25-19(27)11-17(15-31)12-22(25)35-4/h11-12,14,16,20-21,24,30-31,33H,5-10,13,15H2,1-4H3,(H,28,34). The van der Waals surface area contributed by atoms with Crippen molar-refractivity contribution >= 4 is 34.4 Å². The van der Waals surface area contributed by atoms with Crippen LogP contribution in [0.3, 0.4) is 0 Å². The van der Waals surface area contributed by atoms with Crippen molar-refractivity contribution in [3.63, 3.8) is 0 Å². The second-order valence-corrected chi connectivity index (χ2v) is 10.2. The van der Waals surface area contributed by atoms with Crippen LogP contribution < -0.4 is 14.8 Å². The van der Waals surface area contributed by atoms with Crippen LogP contribution in [-0.2, 0) is 20.9 Å². The fraction of sp³-hybridized carbons (Fsp3) is 0.615. The zero-order chi connectivity index (χ0) is 27.5. The first-order chi connectivity index (χ1) is 17.7. The van der Waals surface area contributed by atoms with Crippen molar-refractivity contribution in [1.82, 2.24) is 10.2 Å². The highest BCUT2D eigenvalue weighted by Crippen LogP contribution is 2.37. The number of nitrogens with zero attached hydrogens (tertiary/aromatic N) is 1. The predicted octanol–water partition coefficient (Wildman–Crippen LogP) is 1.76. The number of ether oxygens (including phenoxy) is 3. The molecule has 0 saturated heterocycles. The summed E-state index contributed by atoms with van der Waals surface area (Å²) >= 11 is 2.06. The van der Waals surface area contributed by atoms with Gasteiger partial charge in [-0.15, -0.1) is 0 Å². The van der Waals surface area contributed by atoms with Gasteiger partial charge in [0.25, 0.3) is 0 Å². The zero-order valence-electron chi connectivity index (χ0n) is 21.9. The molecule has 0 spiro atoms. The molecule has 1 aromatic rings. The van der Waals surface area contributed by atoms with Crippen LogP contribution >= 0.6 is 22.6 Å². The van der Waals surface area contributed by atoms with Gasteiger partial charge in [0, 0.05) is 38.1 Å². The molecule has 4 N–H and O–H groups in total. The Bertz CT molecular complexity index is 939. The lowest BCUT2D eigenvalue weighted by Gasteiger charge is -2.40. The van der Waals surface area contributed by atoms with Crippen molar-refractivity contribution in [2.45, 2.75) is 71.0 Å². The number of benzene rings is 1. The number of rotatable bonds is 14. The Hall–Kier alpha value is -1.93. The van der Waals surface area contributed by atoms with E-state index in [1.54, 1.807) is 30.0 Å². The van der Waals surface area contributed by atoms with Crippen LogP contribution in [0.2, 0.25) is 0 Å². The molecule has 3 atom stereocenters. The van der Waals surface area contributed by atoms with Gasteiger partial charge < -0.3 is 39.7 Å². The molecule has 3 unspecified atom stereocenters. The molecule has 2 amide bonds. The Morgan fingerprint density at radius 2 is 2.00 bits per heavy atom. The van der Waals surface area contributed by atoms with Crippen LogP contribution in [0.25, 0.3) is 0 Å². The number of aliphatic hydroxyl groups is 3. The molecule has 0 saturated carbocycles. The molecule has 2 rings (SSSR count). The van der Waals surface area contributed by atoms with E-state index in [9.17, 15) is 19.8 Å². The lowest BCUT2D eigenvalue weighted by molar-refractivity contribution is -0.138. The minimum absolute atomic E-state index is 0.0628. The maximum atomic E-state index is 13.0. The molecular weight excluding hydrogens is 595 g/mol. The number of methoxy groups -OCH3 is 1. The molecule has 208 valence electrons. The molecule has 1 aliphatic carbocycles. The Morgan fingerprint density at radius 1 is 1.27 bits per heavy atom. The number of carbonyl (C=O) groups excluding carboxylic acids is 2. The summed E-state index contributed by atoms with van der Waals surface area (Å²) in [5, 5.41) is 32.8. The summed E-state index contributed by atoms with van der Waals surface area (Å²) in [6.45, 7) is 6.13. The van der Waals surface area contributed by atoms with Gasteiger partial charge in [0.05, 0.1) is 36.0 Å². The van der Waals surface area contributed by atoms with E-state index in [0.717, 1.165) is 0 Å². The third kappa shape index (κ3) is 8.81. The lowest BCUT2D eigenvalue weighted by Crippen LogP contribution is -2.55. The summed E-state index contributed by atoms with van der Waals surface area (Å²) < 4.78 is 18.0. The zero-order valence-corrected chi connectivity index (χ0v) is 24.1. The molecule has 11 heteroatoms.